The van der Waals surface area contributed by atoms with Crippen LogP contribution in [0, 0.1) is 5.92 Å². The Hall–Kier alpha value is -0.900. The lowest BCUT2D eigenvalue weighted by atomic mass is 10.1. The monoisotopic (exact) mass is 192 g/mol. The van der Waals surface area contributed by atoms with Gasteiger partial charge in [-0.15, -0.1) is 0 Å². The summed E-state index contributed by atoms with van der Waals surface area (Å²) < 4.78 is 0. The smallest absolute Gasteiger partial charge is 0.153 e. The van der Waals surface area contributed by atoms with Gasteiger partial charge < -0.3 is 5.73 Å². The molecule has 0 saturated heterocycles. The van der Waals surface area contributed by atoms with E-state index in [1.807, 2.05) is 0 Å². The van der Waals surface area contributed by atoms with Crippen molar-refractivity contribution in [3.8, 4) is 0 Å². The minimum absolute atomic E-state index is 0.287. The number of aromatic amines is 1. The second kappa shape index (κ2) is 3.05. The van der Waals surface area contributed by atoms with Gasteiger partial charge in [-0.1, -0.05) is 0 Å². The molecule has 2 aliphatic rings. The fourth-order valence-electron chi connectivity index (χ4n) is 1.84. The van der Waals surface area contributed by atoms with Crippen LogP contribution in [0.1, 0.15) is 43.3 Å². The summed E-state index contributed by atoms with van der Waals surface area (Å²) in [4.78, 5) is 4.48. The molecular weight excluding hydrogens is 176 g/mol. The van der Waals surface area contributed by atoms with Gasteiger partial charge in [-0.2, -0.15) is 5.10 Å². The normalized spacial score (nSPS) is 23.8. The highest BCUT2D eigenvalue weighted by molar-refractivity contribution is 5.06. The Morgan fingerprint density at radius 3 is 2.79 bits per heavy atom. The zero-order chi connectivity index (χ0) is 9.54. The minimum atomic E-state index is 0.287. The molecule has 3 N–H and O–H groups in total. The van der Waals surface area contributed by atoms with Crippen molar-refractivity contribution in [1.29, 1.82) is 0 Å². The average Bonchev–Trinajstić information content (AvgIpc) is 3.06. The van der Waals surface area contributed by atoms with E-state index in [2.05, 4.69) is 15.2 Å². The van der Waals surface area contributed by atoms with Crippen LogP contribution in [0.3, 0.4) is 0 Å². The maximum absolute atomic E-state index is 6.02. The molecule has 1 aromatic heterocycles. The van der Waals surface area contributed by atoms with Gasteiger partial charge >= 0.3 is 0 Å². The highest BCUT2D eigenvalue weighted by atomic mass is 15.2. The first-order valence-electron chi connectivity index (χ1n) is 5.49. The molecule has 2 saturated carbocycles. The highest BCUT2D eigenvalue weighted by Crippen LogP contribution is 2.38. The minimum Gasteiger partial charge on any atom is -0.327 e. The average molecular weight is 192 g/mol. The third-order valence-corrected chi connectivity index (χ3v) is 3.15. The fraction of sp³-hybridized carbons (Fsp3) is 0.800. The van der Waals surface area contributed by atoms with Crippen molar-refractivity contribution in [2.75, 3.05) is 0 Å². The van der Waals surface area contributed by atoms with Crippen molar-refractivity contribution in [3.05, 3.63) is 11.6 Å². The lowest BCUT2D eigenvalue weighted by molar-refractivity contribution is 0.576. The molecule has 2 fully saturated rings. The molecule has 76 valence electrons. The van der Waals surface area contributed by atoms with Crippen molar-refractivity contribution in [2.45, 2.75) is 44.1 Å². The van der Waals surface area contributed by atoms with Gasteiger partial charge in [0.1, 0.15) is 5.82 Å². The third kappa shape index (κ3) is 1.66. The summed E-state index contributed by atoms with van der Waals surface area (Å²) in [5.41, 5.74) is 6.02. The van der Waals surface area contributed by atoms with E-state index in [-0.39, 0.29) is 6.04 Å². The first-order chi connectivity index (χ1) is 6.83. The Kier molecular flexibility index (Phi) is 1.83. The van der Waals surface area contributed by atoms with Crippen LogP contribution in [0.4, 0.5) is 0 Å². The first kappa shape index (κ1) is 8.41. The van der Waals surface area contributed by atoms with E-state index in [0.29, 0.717) is 5.92 Å². The summed E-state index contributed by atoms with van der Waals surface area (Å²) in [6.07, 6.45) is 5.97. The molecule has 4 heteroatoms. The molecule has 2 aliphatic carbocycles. The summed E-state index contributed by atoms with van der Waals surface area (Å²) in [6.45, 7) is 0. The SMILES string of the molecule is NC(Cc1nc(C2CC2)n[nH]1)C1CC1. The van der Waals surface area contributed by atoms with Gasteiger partial charge in [-0.3, -0.25) is 5.10 Å². The topological polar surface area (TPSA) is 67.6 Å². The zero-order valence-corrected chi connectivity index (χ0v) is 8.24. The van der Waals surface area contributed by atoms with Crippen molar-refractivity contribution >= 4 is 0 Å². The number of aromatic nitrogens is 3. The molecule has 0 radical (unpaired) electrons. The quantitative estimate of drug-likeness (QED) is 0.746. The second-order valence-electron chi connectivity index (χ2n) is 4.62. The van der Waals surface area contributed by atoms with Gasteiger partial charge in [0.15, 0.2) is 5.82 Å². The molecule has 1 aromatic rings. The van der Waals surface area contributed by atoms with Crippen molar-refractivity contribution in [1.82, 2.24) is 15.2 Å². The Morgan fingerprint density at radius 1 is 1.36 bits per heavy atom. The molecule has 0 aliphatic heterocycles. The number of hydrogen-bond donors (Lipinski definition) is 2. The second-order valence-corrected chi connectivity index (χ2v) is 4.62. The lowest BCUT2D eigenvalue weighted by Gasteiger charge is -2.05. The summed E-state index contributed by atoms with van der Waals surface area (Å²) >= 11 is 0. The van der Waals surface area contributed by atoms with Crippen LogP contribution in [0.15, 0.2) is 0 Å². The summed E-state index contributed by atoms with van der Waals surface area (Å²) in [7, 11) is 0. The summed E-state index contributed by atoms with van der Waals surface area (Å²) in [5.74, 6) is 3.36. The predicted molar refractivity (Wildman–Crippen MR) is 52.8 cm³/mol. The lowest BCUT2D eigenvalue weighted by Crippen LogP contribution is -2.25. The van der Waals surface area contributed by atoms with E-state index in [0.717, 1.165) is 24.0 Å². The predicted octanol–water partition coefficient (Wildman–Crippen LogP) is 0.962. The number of nitrogens with one attached hydrogen (secondary N) is 1. The van der Waals surface area contributed by atoms with Gasteiger partial charge in [0.25, 0.3) is 0 Å². The van der Waals surface area contributed by atoms with Gasteiger partial charge in [-0.25, -0.2) is 4.98 Å². The summed E-state index contributed by atoms with van der Waals surface area (Å²) in [6, 6.07) is 0.287. The third-order valence-electron chi connectivity index (χ3n) is 3.15. The molecular formula is C10H16N4. The molecule has 0 amide bonds. The van der Waals surface area contributed by atoms with Crippen molar-refractivity contribution < 1.29 is 0 Å². The number of hydrogen-bond acceptors (Lipinski definition) is 3. The van der Waals surface area contributed by atoms with Gasteiger partial charge in [0.05, 0.1) is 0 Å². The zero-order valence-electron chi connectivity index (χ0n) is 8.24. The molecule has 0 aromatic carbocycles. The number of nitrogens with zero attached hydrogens (tertiary/aromatic N) is 2. The molecule has 0 spiro atoms. The Bertz CT molecular complexity index is 325. The van der Waals surface area contributed by atoms with Crippen LogP contribution in [0.5, 0.6) is 0 Å². The molecule has 1 atom stereocenters. The Morgan fingerprint density at radius 2 is 2.14 bits per heavy atom. The van der Waals surface area contributed by atoms with E-state index in [1.54, 1.807) is 0 Å². The molecule has 4 nitrogen and oxygen atoms in total. The van der Waals surface area contributed by atoms with Crippen molar-refractivity contribution in [2.24, 2.45) is 11.7 Å². The van der Waals surface area contributed by atoms with E-state index in [9.17, 15) is 0 Å². The number of H-pyrrole nitrogens is 1. The van der Waals surface area contributed by atoms with E-state index >= 15 is 0 Å². The standard InChI is InChI=1S/C10H16N4/c11-8(6-1-2-6)5-9-12-10(14-13-9)7-3-4-7/h6-8H,1-5,11H2,(H,12,13,14). The van der Waals surface area contributed by atoms with Crippen LogP contribution in [-0.2, 0) is 6.42 Å². The molecule has 1 unspecified atom stereocenters. The van der Waals surface area contributed by atoms with E-state index < -0.39 is 0 Å². The van der Waals surface area contributed by atoms with Gasteiger partial charge in [-0.05, 0) is 31.6 Å². The van der Waals surface area contributed by atoms with Gasteiger partial charge in [0, 0.05) is 18.4 Å². The Labute approximate surface area is 83.3 Å². The van der Waals surface area contributed by atoms with E-state index in [4.69, 9.17) is 5.73 Å². The number of nitrogens with two attached hydrogens (primary N) is 1. The van der Waals surface area contributed by atoms with Crippen LogP contribution >= 0.6 is 0 Å². The van der Waals surface area contributed by atoms with Crippen LogP contribution in [0.2, 0.25) is 0 Å². The van der Waals surface area contributed by atoms with Crippen LogP contribution in [0.25, 0.3) is 0 Å². The van der Waals surface area contributed by atoms with Gasteiger partial charge in [0.2, 0.25) is 0 Å². The fourth-order valence-corrected chi connectivity index (χ4v) is 1.84. The van der Waals surface area contributed by atoms with Crippen LogP contribution in [-0.4, -0.2) is 21.2 Å². The number of rotatable bonds is 4. The maximum atomic E-state index is 6.02. The largest absolute Gasteiger partial charge is 0.327 e. The van der Waals surface area contributed by atoms with E-state index in [1.165, 1.54) is 25.7 Å². The highest BCUT2D eigenvalue weighted by Gasteiger charge is 2.31. The molecule has 1 heterocycles. The Balaban J connectivity index is 1.63. The maximum Gasteiger partial charge on any atom is 0.153 e. The molecule has 3 rings (SSSR count). The van der Waals surface area contributed by atoms with Crippen molar-refractivity contribution in [3.63, 3.8) is 0 Å². The molecule has 14 heavy (non-hydrogen) atoms. The molecule has 0 bridgehead atoms. The van der Waals surface area contributed by atoms with Crippen LogP contribution < -0.4 is 5.73 Å². The summed E-state index contributed by atoms with van der Waals surface area (Å²) in [5, 5.41) is 7.22. The first-order valence-corrected chi connectivity index (χ1v) is 5.49.